The lowest BCUT2D eigenvalue weighted by atomic mass is 10.2. The van der Waals surface area contributed by atoms with Gasteiger partial charge >= 0.3 is 0 Å². The van der Waals surface area contributed by atoms with Crippen molar-refractivity contribution in [2.75, 3.05) is 107 Å². The third-order valence-electron chi connectivity index (χ3n) is 11.9. The van der Waals surface area contributed by atoms with Gasteiger partial charge in [0.1, 0.15) is 28.5 Å². The molecular formula is C51H50Cl2F2N14O6S5. The molecule has 0 bridgehead atoms. The molecule has 29 heteroatoms. The highest BCUT2D eigenvalue weighted by Crippen LogP contribution is 2.38. The first kappa shape index (κ1) is 59.7. The lowest BCUT2D eigenvalue weighted by Crippen LogP contribution is -2.41. The maximum Gasteiger partial charge on any atom is 0.240 e. The summed E-state index contributed by atoms with van der Waals surface area (Å²) >= 11 is 15.9. The number of nitrogen functional groups attached to an aromatic ring is 1. The Hall–Kier alpha value is -6.41. The lowest BCUT2D eigenvalue weighted by molar-refractivity contribution is 0.0389. The summed E-state index contributed by atoms with van der Waals surface area (Å²) in [6.45, 7) is 8.04. The number of nitrogens with one attached hydrogen (secondary N) is 5. The van der Waals surface area contributed by atoms with Gasteiger partial charge in [0.05, 0.1) is 73.5 Å². The molecule has 2 aliphatic rings. The lowest BCUT2D eigenvalue weighted by Gasteiger charge is -2.26. The molecule has 0 aliphatic carbocycles. The van der Waals surface area contributed by atoms with Crippen LogP contribution >= 0.6 is 57.6 Å². The van der Waals surface area contributed by atoms with Gasteiger partial charge < -0.3 is 31.2 Å². The molecule has 0 radical (unpaired) electrons. The highest BCUT2D eigenvalue weighted by molar-refractivity contribution is 8.00. The van der Waals surface area contributed by atoms with E-state index in [1.54, 1.807) is 30.3 Å². The number of thioether (sulfide) groups is 1. The number of nitrogens with zero attached hydrogens (tertiary/aromatic N) is 8. The second kappa shape index (κ2) is 27.8. The Bertz CT molecular complexity index is 3770. The van der Waals surface area contributed by atoms with Gasteiger partial charge in [0.15, 0.2) is 20.8 Å². The van der Waals surface area contributed by atoms with Gasteiger partial charge in [-0.2, -0.15) is 15.5 Å². The molecule has 10 rings (SSSR count). The van der Waals surface area contributed by atoms with Crippen LogP contribution in [0.4, 0.5) is 48.0 Å². The number of ether oxygens (including phenoxy) is 2. The fraction of sp³-hybridized carbons (Fsp3) is 0.255. The number of aromatic nitrogens is 4. The highest BCUT2D eigenvalue weighted by Gasteiger charge is 2.20. The van der Waals surface area contributed by atoms with E-state index in [9.17, 15) is 36.1 Å². The van der Waals surface area contributed by atoms with Crippen molar-refractivity contribution < 1.29 is 35.1 Å². The molecule has 80 heavy (non-hydrogen) atoms. The van der Waals surface area contributed by atoms with Crippen LogP contribution in [0.1, 0.15) is 11.1 Å². The van der Waals surface area contributed by atoms with Gasteiger partial charge in [0.2, 0.25) is 20.0 Å². The summed E-state index contributed by atoms with van der Waals surface area (Å²) in [6, 6.07) is 25.2. The zero-order valence-electron chi connectivity index (χ0n) is 42.4. The molecule has 6 heterocycles. The minimum absolute atomic E-state index is 0.0166. The number of sulfonamides is 2. The van der Waals surface area contributed by atoms with E-state index in [1.807, 2.05) is 6.26 Å². The number of rotatable bonds is 17. The number of pyridine rings is 2. The van der Waals surface area contributed by atoms with Crippen LogP contribution in [0.5, 0.6) is 0 Å². The van der Waals surface area contributed by atoms with E-state index in [-0.39, 0.29) is 25.4 Å². The molecule has 418 valence electrons. The van der Waals surface area contributed by atoms with E-state index in [0.717, 1.165) is 35.2 Å². The van der Waals surface area contributed by atoms with E-state index in [4.69, 9.17) is 38.4 Å². The van der Waals surface area contributed by atoms with Gasteiger partial charge in [-0.25, -0.2) is 50.0 Å². The summed E-state index contributed by atoms with van der Waals surface area (Å²) in [7, 11) is -7.09. The first-order valence-electron chi connectivity index (χ1n) is 24.2. The van der Waals surface area contributed by atoms with Crippen LogP contribution < -0.4 is 31.1 Å². The third kappa shape index (κ3) is 15.9. The fourth-order valence-electron chi connectivity index (χ4n) is 7.71. The number of benzene rings is 4. The van der Waals surface area contributed by atoms with Crippen molar-refractivity contribution in [2.45, 2.75) is 14.1 Å². The summed E-state index contributed by atoms with van der Waals surface area (Å²) in [4.78, 5) is 22.1. The summed E-state index contributed by atoms with van der Waals surface area (Å²) in [5.41, 5.74) is 10.5. The minimum Gasteiger partial charge on any atom is -0.399 e. The second-order valence-corrected chi connectivity index (χ2v) is 24.7. The van der Waals surface area contributed by atoms with E-state index in [2.05, 4.69) is 67.3 Å². The number of anilines is 7. The number of morpholine rings is 2. The van der Waals surface area contributed by atoms with Crippen molar-refractivity contribution >= 4 is 138 Å². The van der Waals surface area contributed by atoms with E-state index >= 15 is 0 Å². The van der Waals surface area contributed by atoms with Crippen LogP contribution in [0.15, 0.2) is 111 Å². The molecule has 0 unspecified atom stereocenters. The molecule has 0 spiro atoms. The van der Waals surface area contributed by atoms with Crippen LogP contribution in [0, 0.1) is 34.3 Å². The molecule has 0 atom stereocenters. The Balaban J connectivity index is 0.000000173. The molecule has 0 amide bonds. The van der Waals surface area contributed by atoms with Crippen molar-refractivity contribution in [1.82, 2.24) is 39.2 Å². The molecule has 4 aromatic carbocycles. The maximum atomic E-state index is 13.6. The molecule has 20 nitrogen and oxygen atoms in total. The fourth-order valence-corrected chi connectivity index (χ4v) is 12.6. The van der Waals surface area contributed by atoms with Crippen molar-refractivity contribution in [3.05, 3.63) is 130 Å². The average Bonchev–Trinajstić information content (AvgIpc) is 4.09. The molecule has 7 N–H and O–H groups in total. The predicted molar refractivity (Wildman–Crippen MR) is 311 cm³/mol. The van der Waals surface area contributed by atoms with Crippen molar-refractivity contribution in [2.24, 2.45) is 0 Å². The molecule has 4 aromatic heterocycles. The Morgan fingerprint density at radius 3 is 1.54 bits per heavy atom. The number of hydrogen-bond acceptors (Lipinski definition) is 21. The Labute approximate surface area is 482 Å². The third-order valence-corrected chi connectivity index (χ3v) is 18.4. The van der Waals surface area contributed by atoms with Crippen molar-refractivity contribution in [3.8, 4) is 12.1 Å². The summed E-state index contributed by atoms with van der Waals surface area (Å²) in [5.74, 6) is -1.04. The quantitative estimate of drug-likeness (QED) is 0.0366. The van der Waals surface area contributed by atoms with E-state index < -0.39 is 31.7 Å². The standard InChI is InChI=1S/C25H23ClFN7O3S2.C14H8ClFN4S2.C12H19N3O3S/c26-20-13-18(3-6-21(20)27)31-22-16(14-28)15-29-24-23(22)38-25(33-24)32-17-1-4-19(5-2-17)39(35,36)30-7-8-34-9-11-37-12-10-34;1-21-14-20-13-12(22-14)11(7(5-17)6-18-13)19-8-2-3-10(16)9(15)4-8;13-11-1-3-12(4-2-11)19(16,17)14-5-6-15-7-9-18-10-8-15/h1-6,13,15,30H,7-12H2,(H2,29,31,32,33);2-4,6H,1H3,(H,18,19);1-4,14H,5-10,13H2. The zero-order chi connectivity index (χ0) is 56.8. The molecule has 8 aromatic rings. The van der Waals surface area contributed by atoms with Gasteiger partial charge in [-0.1, -0.05) is 46.3 Å². The van der Waals surface area contributed by atoms with Gasteiger partial charge in [0.25, 0.3) is 0 Å². The van der Waals surface area contributed by atoms with Gasteiger partial charge in [-0.15, -0.1) is 11.3 Å². The largest absolute Gasteiger partial charge is 0.399 e. The Morgan fingerprint density at radius 2 is 1.09 bits per heavy atom. The van der Waals surface area contributed by atoms with E-state index in [0.29, 0.717) is 113 Å². The first-order valence-corrected chi connectivity index (χ1v) is 30.8. The Morgan fingerprint density at radius 1 is 0.650 bits per heavy atom. The smallest absolute Gasteiger partial charge is 0.240 e. The minimum atomic E-state index is -3.65. The zero-order valence-corrected chi connectivity index (χ0v) is 48.0. The average molecular weight is 1220 g/mol. The molecular weight excluding hydrogens is 1170 g/mol. The number of nitrogens with two attached hydrogens (primary N) is 1. The number of halogens is 4. The van der Waals surface area contributed by atoms with Gasteiger partial charge in [-0.05, 0) is 91.2 Å². The van der Waals surface area contributed by atoms with Crippen LogP contribution in [-0.2, 0) is 29.5 Å². The molecule has 0 saturated carbocycles. The van der Waals surface area contributed by atoms with Gasteiger partial charge in [0, 0.05) is 87.5 Å². The highest BCUT2D eigenvalue weighted by atomic mass is 35.5. The Kier molecular flexibility index (Phi) is 20.8. The number of thiazole rings is 2. The summed E-state index contributed by atoms with van der Waals surface area (Å²) in [6.07, 6.45) is 4.81. The monoisotopic (exact) mass is 1220 g/mol. The number of fused-ring (bicyclic) bond motifs is 2. The maximum absolute atomic E-state index is 13.6. The number of nitriles is 2. The summed E-state index contributed by atoms with van der Waals surface area (Å²) in [5, 5.41) is 28.7. The van der Waals surface area contributed by atoms with Crippen LogP contribution in [-0.4, -0.2) is 132 Å². The van der Waals surface area contributed by atoms with Gasteiger partial charge in [-0.3, -0.25) is 9.80 Å². The first-order chi connectivity index (χ1) is 38.5. The molecule has 2 aliphatic heterocycles. The van der Waals surface area contributed by atoms with Crippen LogP contribution in [0.3, 0.4) is 0 Å². The molecule has 2 fully saturated rings. The number of hydrogen-bond donors (Lipinski definition) is 6. The topological polar surface area (TPSA) is 279 Å². The molecule has 2 saturated heterocycles. The normalized spacial score (nSPS) is 14.0. The van der Waals surface area contributed by atoms with Crippen LogP contribution in [0.25, 0.3) is 20.7 Å². The van der Waals surface area contributed by atoms with Crippen LogP contribution in [0.2, 0.25) is 10.0 Å². The second-order valence-electron chi connectivity index (χ2n) is 17.3. The SMILES string of the molecule is CSc1nc2ncc(C#N)c(Nc3ccc(F)c(Cl)c3)c2s1.N#Cc1cnc2nc(Nc3ccc(S(=O)(=O)NCCN4CCOCC4)cc3)sc2c1Nc1ccc(F)c(Cl)c1.Nc1ccc(S(=O)(=O)NCCN2CCOCC2)cc1. The van der Waals surface area contributed by atoms with Crippen molar-refractivity contribution in [1.29, 1.82) is 10.5 Å². The van der Waals surface area contributed by atoms with Crippen molar-refractivity contribution in [3.63, 3.8) is 0 Å². The summed E-state index contributed by atoms with van der Waals surface area (Å²) < 4.78 is 94.2. The van der Waals surface area contributed by atoms with E-state index in [1.165, 1.54) is 101 Å². The predicted octanol–water partition coefficient (Wildman–Crippen LogP) is 9.15.